The quantitative estimate of drug-likeness (QED) is 0.583. The molecule has 5 nitrogen and oxygen atoms in total. The van der Waals surface area contributed by atoms with Crippen LogP contribution >= 0.6 is 11.3 Å². The van der Waals surface area contributed by atoms with Gasteiger partial charge in [0.05, 0.1) is 12.5 Å². The minimum atomic E-state index is -0.266. The van der Waals surface area contributed by atoms with Crippen molar-refractivity contribution in [3.63, 3.8) is 0 Å². The number of hydrogen-bond acceptors (Lipinski definition) is 4. The van der Waals surface area contributed by atoms with Crippen LogP contribution < -0.4 is 4.90 Å². The number of carbonyl (C=O) groups excluding carboxylic acids is 2. The summed E-state index contributed by atoms with van der Waals surface area (Å²) in [7, 11) is 0. The summed E-state index contributed by atoms with van der Waals surface area (Å²) in [6.45, 7) is 3.16. The second kappa shape index (κ2) is 8.74. The first-order valence-corrected chi connectivity index (χ1v) is 11.7. The topological polar surface area (TPSA) is 43.9 Å². The number of rotatable bonds is 5. The number of benzene rings is 2. The van der Waals surface area contributed by atoms with E-state index in [-0.39, 0.29) is 30.1 Å². The molecule has 32 heavy (non-hydrogen) atoms. The predicted octanol–water partition coefficient (Wildman–Crippen LogP) is 4.32. The fourth-order valence-electron chi connectivity index (χ4n) is 4.53. The van der Waals surface area contributed by atoms with Gasteiger partial charge in [0.15, 0.2) is 0 Å². The molecule has 0 saturated carbocycles. The van der Waals surface area contributed by atoms with Gasteiger partial charge in [0.2, 0.25) is 5.91 Å². The lowest BCUT2D eigenvalue weighted by Gasteiger charge is -2.37. The molecule has 5 rings (SSSR count). The summed E-state index contributed by atoms with van der Waals surface area (Å²) in [6.07, 6.45) is 0.275. The molecule has 164 valence electrons. The average molecular weight is 450 g/mol. The van der Waals surface area contributed by atoms with Crippen molar-refractivity contribution in [3.8, 4) is 0 Å². The Hall–Kier alpha value is -3.19. The van der Waals surface area contributed by atoms with Crippen LogP contribution in [0.1, 0.15) is 33.3 Å². The molecule has 2 aromatic carbocycles. The molecule has 1 saturated heterocycles. The lowest BCUT2D eigenvalue weighted by Crippen LogP contribution is -2.49. The van der Waals surface area contributed by atoms with Crippen LogP contribution in [0.15, 0.2) is 66.0 Å². The minimum absolute atomic E-state index is 0.00655. The summed E-state index contributed by atoms with van der Waals surface area (Å²) < 4.78 is 13.2. The van der Waals surface area contributed by atoms with Crippen molar-refractivity contribution in [2.45, 2.75) is 19.0 Å². The van der Waals surface area contributed by atoms with Crippen molar-refractivity contribution in [2.75, 3.05) is 31.1 Å². The monoisotopic (exact) mass is 449 g/mol. The fraction of sp³-hybridized carbons (Fsp3) is 0.280. The Labute approximate surface area is 190 Å². The molecular formula is C25H24FN3O2S. The summed E-state index contributed by atoms with van der Waals surface area (Å²) in [4.78, 5) is 33.3. The van der Waals surface area contributed by atoms with Crippen LogP contribution in [-0.4, -0.2) is 47.8 Å². The zero-order valence-electron chi connectivity index (χ0n) is 17.6. The molecule has 1 unspecified atom stereocenters. The molecule has 0 aliphatic carbocycles. The molecule has 3 heterocycles. The van der Waals surface area contributed by atoms with Gasteiger partial charge in [0.1, 0.15) is 5.82 Å². The third-order valence-electron chi connectivity index (χ3n) is 6.29. The Bertz CT molecular complexity index is 1110. The lowest BCUT2D eigenvalue weighted by atomic mass is 10.1. The molecule has 1 aromatic heterocycles. The van der Waals surface area contributed by atoms with Crippen molar-refractivity contribution in [3.05, 3.63) is 87.9 Å². The van der Waals surface area contributed by atoms with Gasteiger partial charge in [-0.25, -0.2) is 4.39 Å². The largest absolute Gasteiger partial charge is 0.368 e. The first kappa shape index (κ1) is 20.7. The van der Waals surface area contributed by atoms with E-state index in [1.807, 2.05) is 51.6 Å². The van der Waals surface area contributed by atoms with E-state index < -0.39 is 0 Å². The Kier molecular flexibility index (Phi) is 5.66. The summed E-state index contributed by atoms with van der Waals surface area (Å²) >= 11 is 1.58. The Morgan fingerprint density at radius 2 is 1.72 bits per heavy atom. The van der Waals surface area contributed by atoms with E-state index in [1.54, 1.807) is 23.5 Å². The predicted molar refractivity (Wildman–Crippen MR) is 123 cm³/mol. The summed E-state index contributed by atoms with van der Waals surface area (Å²) in [5.41, 5.74) is 2.71. The van der Waals surface area contributed by atoms with E-state index in [4.69, 9.17) is 0 Å². The molecule has 2 aliphatic heterocycles. The lowest BCUT2D eigenvalue weighted by molar-refractivity contribution is -0.132. The number of hydrogen-bond donors (Lipinski definition) is 0. The van der Waals surface area contributed by atoms with Crippen LogP contribution in [0.2, 0.25) is 0 Å². The van der Waals surface area contributed by atoms with Crippen LogP contribution in [0.5, 0.6) is 0 Å². The van der Waals surface area contributed by atoms with E-state index in [0.29, 0.717) is 32.7 Å². The van der Waals surface area contributed by atoms with E-state index in [2.05, 4.69) is 4.90 Å². The zero-order valence-corrected chi connectivity index (χ0v) is 18.4. The normalized spacial score (nSPS) is 16.9. The van der Waals surface area contributed by atoms with Gasteiger partial charge in [0.25, 0.3) is 5.91 Å². The standard InChI is InChI=1S/C25H24FN3O2S/c26-19-7-9-20(10-8-19)27-11-13-28(14-12-27)24(30)16-22(23-6-3-15-32-23)29-17-18-4-1-2-5-21(18)25(29)31/h1-10,15,22H,11-14,16-17H2. The molecule has 1 fully saturated rings. The van der Waals surface area contributed by atoms with Crippen molar-refractivity contribution in [2.24, 2.45) is 0 Å². The third-order valence-corrected chi connectivity index (χ3v) is 7.26. The van der Waals surface area contributed by atoms with Crippen molar-refractivity contribution < 1.29 is 14.0 Å². The number of anilines is 1. The molecule has 0 spiro atoms. The fourth-order valence-corrected chi connectivity index (χ4v) is 5.37. The molecule has 0 N–H and O–H groups in total. The molecule has 2 amide bonds. The van der Waals surface area contributed by atoms with Crippen molar-refractivity contribution >= 4 is 28.8 Å². The Morgan fingerprint density at radius 3 is 2.41 bits per heavy atom. The van der Waals surface area contributed by atoms with Gasteiger partial charge >= 0.3 is 0 Å². The van der Waals surface area contributed by atoms with Crippen LogP contribution in [0, 0.1) is 5.82 Å². The number of amides is 2. The number of thiophene rings is 1. The van der Waals surface area contributed by atoms with Gasteiger partial charge in [-0.1, -0.05) is 24.3 Å². The van der Waals surface area contributed by atoms with Gasteiger partial charge < -0.3 is 14.7 Å². The molecular weight excluding hydrogens is 425 g/mol. The minimum Gasteiger partial charge on any atom is -0.368 e. The molecule has 0 radical (unpaired) electrons. The van der Waals surface area contributed by atoms with Gasteiger partial charge in [-0.3, -0.25) is 9.59 Å². The highest BCUT2D eigenvalue weighted by molar-refractivity contribution is 7.10. The molecule has 2 aliphatic rings. The van der Waals surface area contributed by atoms with Gasteiger partial charge in [-0.2, -0.15) is 0 Å². The highest BCUT2D eigenvalue weighted by atomic mass is 32.1. The number of fused-ring (bicyclic) bond motifs is 1. The number of carbonyl (C=O) groups is 2. The van der Waals surface area contributed by atoms with E-state index in [0.717, 1.165) is 21.7 Å². The molecule has 1 atom stereocenters. The summed E-state index contributed by atoms with van der Waals surface area (Å²) in [6, 6.07) is 17.8. The van der Waals surface area contributed by atoms with Crippen LogP contribution in [0.3, 0.4) is 0 Å². The zero-order chi connectivity index (χ0) is 22.1. The van der Waals surface area contributed by atoms with Crippen molar-refractivity contribution in [1.82, 2.24) is 9.80 Å². The summed E-state index contributed by atoms with van der Waals surface area (Å²) in [5, 5.41) is 1.99. The highest BCUT2D eigenvalue weighted by Crippen LogP contribution is 2.35. The maximum Gasteiger partial charge on any atom is 0.255 e. The maximum atomic E-state index is 13.3. The van der Waals surface area contributed by atoms with Crippen LogP contribution in [0.25, 0.3) is 0 Å². The number of nitrogens with zero attached hydrogens (tertiary/aromatic N) is 3. The Balaban J connectivity index is 1.27. The number of halogens is 1. The van der Waals surface area contributed by atoms with Crippen LogP contribution in [0.4, 0.5) is 10.1 Å². The Morgan fingerprint density at radius 1 is 0.969 bits per heavy atom. The van der Waals surface area contributed by atoms with Crippen molar-refractivity contribution in [1.29, 1.82) is 0 Å². The second-order valence-corrected chi connectivity index (χ2v) is 9.15. The van der Waals surface area contributed by atoms with E-state index in [9.17, 15) is 14.0 Å². The molecule has 0 bridgehead atoms. The van der Waals surface area contributed by atoms with E-state index in [1.165, 1.54) is 12.1 Å². The first-order chi connectivity index (χ1) is 15.6. The number of piperazine rings is 1. The maximum absolute atomic E-state index is 13.3. The first-order valence-electron chi connectivity index (χ1n) is 10.8. The van der Waals surface area contributed by atoms with Gasteiger partial charge in [-0.15, -0.1) is 11.3 Å². The molecule has 7 heteroatoms. The van der Waals surface area contributed by atoms with Gasteiger partial charge in [-0.05, 0) is 47.3 Å². The van der Waals surface area contributed by atoms with Crippen LogP contribution in [-0.2, 0) is 11.3 Å². The second-order valence-electron chi connectivity index (χ2n) is 8.17. The SMILES string of the molecule is O=C(CC(c1cccs1)N1Cc2ccccc2C1=O)N1CCN(c2ccc(F)cc2)CC1. The third kappa shape index (κ3) is 4.00. The average Bonchev–Trinajstić information content (AvgIpc) is 3.47. The highest BCUT2D eigenvalue weighted by Gasteiger charge is 2.36. The molecule has 3 aromatic rings. The smallest absolute Gasteiger partial charge is 0.255 e. The van der Waals surface area contributed by atoms with E-state index >= 15 is 0 Å². The van der Waals surface area contributed by atoms with Gasteiger partial charge in [0, 0.05) is 48.9 Å². The summed E-state index contributed by atoms with van der Waals surface area (Å²) in [5.74, 6) is -0.195.